The van der Waals surface area contributed by atoms with Gasteiger partial charge in [0.25, 0.3) is 0 Å². The van der Waals surface area contributed by atoms with Crippen LogP contribution in [0.15, 0.2) is 18.2 Å². The predicted molar refractivity (Wildman–Crippen MR) is 73.3 cm³/mol. The molecule has 0 N–H and O–H groups in total. The molecule has 0 aliphatic rings. The number of rotatable bonds is 6. The monoisotopic (exact) mass is 285 g/mol. The maximum atomic E-state index is 13.5. The van der Waals surface area contributed by atoms with E-state index in [2.05, 4.69) is 19.2 Å². The van der Waals surface area contributed by atoms with Crippen LogP contribution in [0.3, 0.4) is 0 Å². The minimum atomic E-state index is -1.85. The Morgan fingerprint density at radius 2 is 2.17 bits per heavy atom. The van der Waals surface area contributed by atoms with Crippen LogP contribution in [0, 0.1) is 17.1 Å². The van der Waals surface area contributed by atoms with Gasteiger partial charge in [-0.15, -0.1) is 0 Å². The third-order valence-electron chi connectivity index (χ3n) is 2.74. The molecule has 0 heterocycles. The normalized spacial score (nSPS) is 11.3. The summed E-state index contributed by atoms with van der Waals surface area (Å²) >= 11 is 5.94. The van der Waals surface area contributed by atoms with Gasteiger partial charge in [0.1, 0.15) is 5.82 Å². The first-order valence-corrected chi connectivity index (χ1v) is 9.39. The summed E-state index contributed by atoms with van der Waals surface area (Å²) in [4.78, 5) is 0. The minimum absolute atomic E-state index is 0.206. The summed E-state index contributed by atoms with van der Waals surface area (Å²) in [6.07, 6.45) is 1.38. The maximum Gasteiger partial charge on any atom is 0.187 e. The molecule has 0 amide bonds. The van der Waals surface area contributed by atoms with Crippen molar-refractivity contribution in [3.8, 4) is 6.07 Å². The largest absolute Gasteiger partial charge is 0.413 e. The van der Waals surface area contributed by atoms with Crippen molar-refractivity contribution in [2.75, 3.05) is 0 Å². The Bertz CT molecular complexity index is 425. The van der Waals surface area contributed by atoms with Crippen molar-refractivity contribution in [1.82, 2.24) is 0 Å². The quantitative estimate of drug-likeness (QED) is 0.569. The van der Waals surface area contributed by atoms with E-state index in [9.17, 15) is 4.39 Å². The van der Waals surface area contributed by atoms with Gasteiger partial charge in [-0.2, -0.15) is 5.26 Å². The van der Waals surface area contributed by atoms with E-state index in [1.807, 2.05) is 0 Å². The Morgan fingerprint density at radius 1 is 1.44 bits per heavy atom. The van der Waals surface area contributed by atoms with Crippen LogP contribution in [0.25, 0.3) is 0 Å². The van der Waals surface area contributed by atoms with Crippen LogP contribution in [0.4, 0.5) is 4.39 Å². The van der Waals surface area contributed by atoms with Crippen molar-refractivity contribution in [3.05, 3.63) is 34.6 Å². The second-order valence-corrected chi connectivity index (χ2v) is 9.48. The molecule has 0 aliphatic heterocycles. The second-order valence-electron chi connectivity index (χ2n) is 4.76. The highest BCUT2D eigenvalue weighted by Crippen LogP contribution is 2.23. The molecule has 98 valence electrons. The molecule has 0 saturated carbocycles. The summed E-state index contributed by atoms with van der Waals surface area (Å²) in [6.45, 7) is 4.34. The number of hydrogen-bond acceptors (Lipinski definition) is 2. The van der Waals surface area contributed by atoms with Gasteiger partial charge in [0.15, 0.2) is 8.32 Å². The first-order valence-electron chi connectivity index (χ1n) is 5.90. The summed E-state index contributed by atoms with van der Waals surface area (Å²) in [5.41, 5.74) is 0.417. The Hall–Kier alpha value is -0.893. The van der Waals surface area contributed by atoms with Gasteiger partial charge in [-0.1, -0.05) is 17.7 Å². The lowest BCUT2D eigenvalue weighted by Gasteiger charge is -2.22. The SMILES string of the molecule is C[Si](C)(CCCC#N)OCc1c(F)cccc1Cl. The van der Waals surface area contributed by atoms with Crippen molar-refractivity contribution in [1.29, 1.82) is 5.26 Å². The molecule has 2 nitrogen and oxygen atoms in total. The summed E-state index contributed by atoms with van der Waals surface area (Å²) in [5, 5.41) is 8.90. The van der Waals surface area contributed by atoms with Crippen molar-refractivity contribution in [2.45, 2.75) is 38.6 Å². The Kier molecular flexibility index (Phi) is 5.80. The van der Waals surface area contributed by atoms with E-state index in [-0.39, 0.29) is 12.4 Å². The fraction of sp³-hybridized carbons (Fsp3) is 0.462. The summed E-state index contributed by atoms with van der Waals surface area (Å²) < 4.78 is 19.4. The lowest BCUT2D eigenvalue weighted by atomic mass is 10.2. The number of benzene rings is 1. The van der Waals surface area contributed by atoms with Crippen molar-refractivity contribution in [2.24, 2.45) is 0 Å². The van der Waals surface area contributed by atoms with Crippen LogP contribution in [0.2, 0.25) is 24.2 Å². The standard InChI is InChI=1S/C13H17ClFNOSi/c1-18(2,9-4-3-8-16)17-10-11-12(14)6-5-7-13(11)15/h5-7H,3-4,9-10H2,1-2H3. The van der Waals surface area contributed by atoms with Gasteiger partial charge in [-0.3, -0.25) is 0 Å². The van der Waals surface area contributed by atoms with E-state index >= 15 is 0 Å². The zero-order chi connectivity index (χ0) is 13.6. The first kappa shape index (κ1) is 15.2. The summed E-state index contributed by atoms with van der Waals surface area (Å²) in [5.74, 6) is -0.329. The Balaban J connectivity index is 2.56. The number of nitriles is 1. The van der Waals surface area contributed by atoms with E-state index < -0.39 is 8.32 Å². The molecular weight excluding hydrogens is 269 g/mol. The van der Waals surface area contributed by atoms with Crippen molar-refractivity contribution >= 4 is 19.9 Å². The van der Waals surface area contributed by atoms with Gasteiger partial charge in [-0.25, -0.2) is 4.39 Å². The van der Waals surface area contributed by atoms with Gasteiger partial charge in [0.05, 0.1) is 12.7 Å². The molecular formula is C13H17ClFNOSi. The zero-order valence-electron chi connectivity index (χ0n) is 10.7. The van der Waals surface area contributed by atoms with Crippen LogP contribution in [0.1, 0.15) is 18.4 Å². The molecule has 0 fully saturated rings. The highest BCUT2D eigenvalue weighted by atomic mass is 35.5. The lowest BCUT2D eigenvalue weighted by molar-refractivity contribution is 0.288. The number of unbranched alkanes of at least 4 members (excludes halogenated alkanes) is 1. The molecule has 0 saturated heterocycles. The third kappa shape index (κ3) is 4.77. The zero-order valence-corrected chi connectivity index (χ0v) is 12.4. The molecule has 0 radical (unpaired) electrons. The van der Waals surface area contributed by atoms with Gasteiger partial charge < -0.3 is 4.43 Å². The highest BCUT2D eigenvalue weighted by molar-refractivity contribution is 6.71. The molecule has 1 rings (SSSR count). The lowest BCUT2D eigenvalue weighted by Crippen LogP contribution is -2.30. The van der Waals surface area contributed by atoms with Gasteiger partial charge in [0, 0.05) is 17.0 Å². The maximum absolute atomic E-state index is 13.5. The molecule has 0 atom stereocenters. The van der Waals surface area contributed by atoms with Crippen molar-refractivity contribution in [3.63, 3.8) is 0 Å². The van der Waals surface area contributed by atoms with Crippen LogP contribution >= 0.6 is 11.6 Å². The van der Waals surface area contributed by atoms with Gasteiger partial charge in [0.2, 0.25) is 0 Å². The third-order valence-corrected chi connectivity index (χ3v) is 5.57. The first-order chi connectivity index (χ1) is 8.46. The number of nitrogens with zero attached hydrogens (tertiary/aromatic N) is 1. The van der Waals surface area contributed by atoms with E-state index in [0.29, 0.717) is 17.0 Å². The minimum Gasteiger partial charge on any atom is -0.413 e. The molecule has 0 spiro atoms. The van der Waals surface area contributed by atoms with Crippen LogP contribution in [-0.4, -0.2) is 8.32 Å². The fourth-order valence-electron chi connectivity index (χ4n) is 1.60. The van der Waals surface area contributed by atoms with Crippen LogP contribution < -0.4 is 0 Å². The molecule has 1 aromatic rings. The van der Waals surface area contributed by atoms with Crippen LogP contribution in [0.5, 0.6) is 0 Å². The molecule has 18 heavy (non-hydrogen) atoms. The van der Waals surface area contributed by atoms with Gasteiger partial charge >= 0.3 is 0 Å². The van der Waals surface area contributed by atoms with E-state index in [1.54, 1.807) is 12.1 Å². The summed E-state index contributed by atoms with van der Waals surface area (Å²) in [6, 6.07) is 7.64. The number of hydrogen-bond donors (Lipinski definition) is 0. The van der Waals surface area contributed by atoms with E-state index in [0.717, 1.165) is 12.5 Å². The molecule has 5 heteroatoms. The van der Waals surface area contributed by atoms with E-state index in [1.165, 1.54) is 6.07 Å². The van der Waals surface area contributed by atoms with Gasteiger partial charge in [-0.05, 0) is 37.7 Å². The molecule has 0 aliphatic carbocycles. The molecule has 0 bridgehead atoms. The smallest absolute Gasteiger partial charge is 0.187 e. The average Bonchev–Trinajstić information content (AvgIpc) is 2.28. The second kappa shape index (κ2) is 6.88. The molecule has 0 unspecified atom stereocenters. The topological polar surface area (TPSA) is 33.0 Å². The Labute approximate surface area is 113 Å². The molecule has 1 aromatic carbocycles. The van der Waals surface area contributed by atoms with Crippen molar-refractivity contribution < 1.29 is 8.82 Å². The summed E-state index contributed by atoms with van der Waals surface area (Å²) in [7, 11) is -1.85. The predicted octanol–water partition coefficient (Wildman–Crippen LogP) is 4.50. The highest BCUT2D eigenvalue weighted by Gasteiger charge is 2.22. The van der Waals surface area contributed by atoms with E-state index in [4.69, 9.17) is 21.3 Å². The number of halogens is 2. The molecule has 0 aromatic heterocycles. The Morgan fingerprint density at radius 3 is 2.78 bits per heavy atom. The average molecular weight is 286 g/mol. The fourth-order valence-corrected chi connectivity index (χ4v) is 3.53. The van der Waals surface area contributed by atoms with Crippen LogP contribution in [-0.2, 0) is 11.0 Å².